The monoisotopic (exact) mass is 155 g/mol. The SMILES string of the molecule is CC(C)(C)OCc1ccno1. The summed E-state index contributed by atoms with van der Waals surface area (Å²) in [5, 5.41) is 3.57. The molecule has 11 heavy (non-hydrogen) atoms. The molecule has 0 saturated carbocycles. The lowest BCUT2D eigenvalue weighted by Gasteiger charge is -2.17. The highest BCUT2D eigenvalue weighted by Gasteiger charge is 2.10. The number of ether oxygens (including phenoxy) is 1. The number of rotatable bonds is 2. The number of aromatic nitrogens is 1. The minimum absolute atomic E-state index is 0.118. The molecule has 0 spiro atoms. The molecule has 0 saturated heterocycles. The average molecular weight is 155 g/mol. The van der Waals surface area contributed by atoms with Crippen LogP contribution in [-0.2, 0) is 11.3 Å². The maximum Gasteiger partial charge on any atom is 0.162 e. The quantitative estimate of drug-likeness (QED) is 0.655. The van der Waals surface area contributed by atoms with Gasteiger partial charge in [0, 0.05) is 6.07 Å². The Balaban J connectivity index is 2.35. The Hall–Kier alpha value is -0.830. The fourth-order valence-electron chi connectivity index (χ4n) is 0.604. The van der Waals surface area contributed by atoms with Crippen molar-refractivity contribution in [1.82, 2.24) is 5.16 Å². The van der Waals surface area contributed by atoms with E-state index in [0.29, 0.717) is 6.61 Å². The van der Waals surface area contributed by atoms with Gasteiger partial charge < -0.3 is 9.26 Å². The molecule has 0 aliphatic rings. The zero-order valence-corrected chi connectivity index (χ0v) is 7.13. The lowest BCUT2D eigenvalue weighted by atomic mass is 10.2. The largest absolute Gasteiger partial charge is 0.368 e. The summed E-state index contributed by atoms with van der Waals surface area (Å²) < 4.78 is 10.3. The van der Waals surface area contributed by atoms with Gasteiger partial charge in [-0.15, -0.1) is 0 Å². The van der Waals surface area contributed by atoms with Crippen molar-refractivity contribution in [2.75, 3.05) is 0 Å². The summed E-state index contributed by atoms with van der Waals surface area (Å²) in [6.07, 6.45) is 1.61. The molecular formula is C8H13NO2. The van der Waals surface area contributed by atoms with Gasteiger partial charge in [-0.3, -0.25) is 0 Å². The molecule has 0 amide bonds. The predicted octanol–water partition coefficient (Wildman–Crippen LogP) is 1.99. The van der Waals surface area contributed by atoms with Crippen molar-refractivity contribution in [2.45, 2.75) is 33.0 Å². The molecular weight excluding hydrogens is 142 g/mol. The molecule has 3 heteroatoms. The first kappa shape index (κ1) is 8.27. The predicted molar refractivity (Wildman–Crippen MR) is 41.0 cm³/mol. The van der Waals surface area contributed by atoms with Crippen molar-refractivity contribution < 1.29 is 9.26 Å². The summed E-state index contributed by atoms with van der Waals surface area (Å²) in [5.41, 5.74) is -0.118. The van der Waals surface area contributed by atoms with E-state index < -0.39 is 0 Å². The fourth-order valence-corrected chi connectivity index (χ4v) is 0.604. The fraction of sp³-hybridized carbons (Fsp3) is 0.625. The summed E-state index contributed by atoms with van der Waals surface area (Å²) in [4.78, 5) is 0. The van der Waals surface area contributed by atoms with Crippen molar-refractivity contribution in [1.29, 1.82) is 0 Å². The van der Waals surface area contributed by atoms with Crippen LogP contribution in [0.1, 0.15) is 26.5 Å². The van der Waals surface area contributed by atoms with Crippen LogP contribution in [0.4, 0.5) is 0 Å². The lowest BCUT2D eigenvalue weighted by Crippen LogP contribution is -2.18. The molecule has 1 aromatic rings. The van der Waals surface area contributed by atoms with Crippen molar-refractivity contribution in [3.05, 3.63) is 18.0 Å². The molecule has 1 aromatic heterocycles. The minimum atomic E-state index is -0.118. The maximum atomic E-state index is 5.44. The van der Waals surface area contributed by atoms with Crippen LogP contribution < -0.4 is 0 Å². The smallest absolute Gasteiger partial charge is 0.162 e. The van der Waals surface area contributed by atoms with Gasteiger partial charge in [0.2, 0.25) is 0 Å². The van der Waals surface area contributed by atoms with Gasteiger partial charge in [-0.05, 0) is 20.8 Å². The van der Waals surface area contributed by atoms with E-state index >= 15 is 0 Å². The Morgan fingerprint density at radius 1 is 1.55 bits per heavy atom. The third-order valence-electron chi connectivity index (χ3n) is 1.14. The molecule has 0 atom stereocenters. The van der Waals surface area contributed by atoms with Crippen LogP contribution in [0.25, 0.3) is 0 Å². The van der Waals surface area contributed by atoms with E-state index in [1.165, 1.54) is 0 Å². The van der Waals surface area contributed by atoms with Crippen LogP contribution in [0.2, 0.25) is 0 Å². The van der Waals surface area contributed by atoms with E-state index in [-0.39, 0.29) is 5.60 Å². The standard InChI is InChI=1S/C8H13NO2/c1-8(2,3)10-6-7-4-5-9-11-7/h4-5H,6H2,1-3H3. The van der Waals surface area contributed by atoms with Gasteiger partial charge >= 0.3 is 0 Å². The van der Waals surface area contributed by atoms with Crippen LogP contribution >= 0.6 is 0 Å². The second kappa shape index (κ2) is 3.05. The van der Waals surface area contributed by atoms with Crippen LogP contribution in [-0.4, -0.2) is 10.8 Å². The Morgan fingerprint density at radius 3 is 2.73 bits per heavy atom. The molecule has 0 bridgehead atoms. The molecule has 3 nitrogen and oxygen atoms in total. The molecule has 0 aliphatic heterocycles. The third-order valence-corrected chi connectivity index (χ3v) is 1.14. The molecule has 0 N–H and O–H groups in total. The van der Waals surface area contributed by atoms with Crippen LogP contribution in [0.5, 0.6) is 0 Å². The second-order valence-corrected chi connectivity index (χ2v) is 3.38. The van der Waals surface area contributed by atoms with Gasteiger partial charge in [0.1, 0.15) is 6.61 Å². The zero-order valence-electron chi connectivity index (χ0n) is 7.13. The van der Waals surface area contributed by atoms with Gasteiger partial charge in [0.15, 0.2) is 5.76 Å². The van der Waals surface area contributed by atoms with Crippen molar-refractivity contribution in [2.24, 2.45) is 0 Å². The van der Waals surface area contributed by atoms with Crippen LogP contribution in [0.15, 0.2) is 16.8 Å². The van der Waals surface area contributed by atoms with Crippen molar-refractivity contribution in [3.63, 3.8) is 0 Å². The van der Waals surface area contributed by atoms with Crippen LogP contribution in [0, 0.1) is 0 Å². The lowest BCUT2D eigenvalue weighted by molar-refractivity contribution is -0.0241. The molecule has 0 aromatic carbocycles. The van der Waals surface area contributed by atoms with E-state index in [1.54, 1.807) is 12.3 Å². The zero-order chi connectivity index (χ0) is 8.32. The average Bonchev–Trinajstić information content (AvgIpc) is 2.32. The Morgan fingerprint density at radius 2 is 2.27 bits per heavy atom. The van der Waals surface area contributed by atoms with E-state index in [4.69, 9.17) is 9.26 Å². The Kier molecular flexibility index (Phi) is 2.29. The first-order chi connectivity index (χ1) is 5.08. The summed E-state index contributed by atoms with van der Waals surface area (Å²) in [5.74, 6) is 0.764. The van der Waals surface area contributed by atoms with E-state index in [9.17, 15) is 0 Å². The highest BCUT2D eigenvalue weighted by Crippen LogP contribution is 2.10. The highest BCUT2D eigenvalue weighted by atomic mass is 16.5. The summed E-state index contributed by atoms with van der Waals surface area (Å²) in [7, 11) is 0. The normalized spacial score (nSPS) is 11.9. The molecule has 1 rings (SSSR count). The number of hydrogen-bond donors (Lipinski definition) is 0. The van der Waals surface area contributed by atoms with Crippen molar-refractivity contribution in [3.8, 4) is 0 Å². The van der Waals surface area contributed by atoms with E-state index in [0.717, 1.165) is 5.76 Å². The Bertz CT molecular complexity index is 198. The van der Waals surface area contributed by atoms with Gasteiger partial charge in [-0.25, -0.2) is 0 Å². The first-order valence-corrected chi connectivity index (χ1v) is 3.61. The highest BCUT2D eigenvalue weighted by molar-refractivity contribution is 4.90. The van der Waals surface area contributed by atoms with Gasteiger partial charge in [0.05, 0.1) is 11.8 Å². The summed E-state index contributed by atoms with van der Waals surface area (Å²) in [6.45, 7) is 6.50. The number of hydrogen-bond acceptors (Lipinski definition) is 3. The molecule has 62 valence electrons. The van der Waals surface area contributed by atoms with E-state index in [2.05, 4.69) is 5.16 Å². The minimum Gasteiger partial charge on any atom is -0.368 e. The maximum absolute atomic E-state index is 5.44. The third kappa shape index (κ3) is 3.18. The van der Waals surface area contributed by atoms with Crippen LogP contribution in [0.3, 0.4) is 0 Å². The molecule has 0 unspecified atom stereocenters. The van der Waals surface area contributed by atoms with E-state index in [1.807, 2.05) is 20.8 Å². The summed E-state index contributed by atoms with van der Waals surface area (Å²) in [6, 6.07) is 1.80. The van der Waals surface area contributed by atoms with Gasteiger partial charge in [-0.2, -0.15) is 0 Å². The van der Waals surface area contributed by atoms with Gasteiger partial charge in [-0.1, -0.05) is 5.16 Å². The van der Waals surface area contributed by atoms with Crippen molar-refractivity contribution >= 4 is 0 Å². The topological polar surface area (TPSA) is 35.3 Å². The first-order valence-electron chi connectivity index (χ1n) is 3.61. The second-order valence-electron chi connectivity index (χ2n) is 3.38. The molecule has 0 aliphatic carbocycles. The molecule has 0 fully saturated rings. The summed E-state index contributed by atoms with van der Waals surface area (Å²) >= 11 is 0. The molecule has 1 heterocycles. The Labute approximate surface area is 66.3 Å². The van der Waals surface area contributed by atoms with Gasteiger partial charge in [0.25, 0.3) is 0 Å². The number of nitrogens with zero attached hydrogens (tertiary/aromatic N) is 1. The molecule has 0 radical (unpaired) electrons.